The van der Waals surface area contributed by atoms with Crippen LogP contribution in [0.2, 0.25) is 0 Å². The van der Waals surface area contributed by atoms with Crippen LogP contribution in [0.3, 0.4) is 0 Å². The monoisotopic (exact) mass is 861 g/mol. The lowest BCUT2D eigenvalue weighted by Crippen LogP contribution is -2.46. The molecule has 26 heteroatoms. The van der Waals surface area contributed by atoms with E-state index in [-0.39, 0.29) is 23.9 Å². The van der Waals surface area contributed by atoms with Crippen molar-refractivity contribution in [2.75, 3.05) is 42.8 Å². The molecule has 21 nitrogen and oxygen atoms in total. The third-order valence-electron chi connectivity index (χ3n) is 7.49. The molecule has 0 saturated carbocycles. The second-order valence-electron chi connectivity index (χ2n) is 11.3. The predicted molar refractivity (Wildman–Crippen MR) is 201 cm³/mol. The molecule has 3 unspecified atom stereocenters. The van der Waals surface area contributed by atoms with E-state index in [1.165, 1.54) is 48.1 Å². The van der Waals surface area contributed by atoms with Gasteiger partial charge in [-0.05, 0) is 64.2 Å². The second kappa shape index (κ2) is 23.1. The number of esters is 1. The molecule has 1 N–H and O–H groups in total. The molecular weight excluding hydrogens is 823 g/mol. The van der Waals surface area contributed by atoms with E-state index in [9.17, 15) is 50.4 Å². The van der Waals surface area contributed by atoms with Gasteiger partial charge in [-0.15, -0.1) is 51.8 Å². The molecule has 1 aromatic heterocycles. The molecule has 0 aliphatic carbocycles. The van der Waals surface area contributed by atoms with Gasteiger partial charge in [0.25, 0.3) is 20.3 Å². The molecule has 0 amide bonds. The number of benzene rings is 1. The summed E-state index contributed by atoms with van der Waals surface area (Å²) < 4.78 is 11.4. The maximum absolute atomic E-state index is 12.7. The molecular formula is C28H39N5O16S5. The number of rotatable bonds is 23. The number of aryl methyl sites for hydroxylation is 2. The number of aromatic nitrogens is 1. The molecule has 54 heavy (non-hydrogen) atoms. The van der Waals surface area contributed by atoms with E-state index in [0.29, 0.717) is 29.9 Å². The summed E-state index contributed by atoms with van der Waals surface area (Å²) in [5, 5.41) is 47.3. The van der Waals surface area contributed by atoms with Crippen molar-refractivity contribution in [3.63, 3.8) is 0 Å². The van der Waals surface area contributed by atoms with Gasteiger partial charge < -0.3 is 33.9 Å². The minimum absolute atomic E-state index is 0.0653. The third-order valence-corrected chi connectivity index (χ3v) is 13.3. The molecule has 1 aliphatic heterocycles. The Morgan fingerprint density at radius 3 is 1.94 bits per heavy atom. The normalized spacial score (nSPS) is 15.6. The van der Waals surface area contributed by atoms with Crippen molar-refractivity contribution in [2.45, 2.75) is 71.7 Å². The third kappa shape index (κ3) is 15.8. The van der Waals surface area contributed by atoms with E-state index < -0.39 is 57.3 Å². The molecule has 1 aliphatic rings. The topological polar surface area (TPSA) is 278 Å². The van der Waals surface area contributed by atoms with Gasteiger partial charge in [-0.2, -0.15) is 0 Å². The Hall–Kier alpha value is -3.88. The number of nitrogens with zero attached hydrogens (tertiary/aromatic N) is 5. The molecule has 0 radical (unpaired) electrons. The molecule has 1 aromatic carbocycles. The fraction of sp³-hybridized carbons (Fsp3) is 0.643. The van der Waals surface area contributed by atoms with Gasteiger partial charge in [-0.1, -0.05) is 43.2 Å². The summed E-state index contributed by atoms with van der Waals surface area (Å²) >= 11 is 1.59. The molecule has 3 atom stereocenters. The van der Waals surface area contributed by atoms with Crippen molar-refractivity contribution in [3.8, 4) is 11.5 Å². The summed E-state index contributed by atoms with van der Waals surface area (Å²) in [4.78, 5) is 76.0. The van der Waals surface area contributed by atoms with E-state index in [0.717, 1.165) is 34.6 Å². The quantitative estimate of drug-likeness (QED) is 0.0489. The van der Waals surface area contributed by atoms with E-state index in [2.05, 4.69) is 24.3 Å². The van der Waals surface area contributed by atoms with Crippen molar-refractivity contribution in [2.24, 2.45) is 0 Å². The van der Waals surface area contributed by atoms with Crippen LogP contribution in [0.1, 0.15) is 46.2 Å². The van der Waals surface area contributed by atoms with Gasteiger partial charge in [0.15, 0.2) is 0 Å². The highest BCUT2D eigenvalue weighted by Gasteiger charge is 2.42. The van der Waals surface area contributed by atoms with Gasteiger partial charge in [0.1, 0.15) is 43.5 Å². The summed E-state index contributed by atoms with van der Waals surface area (Å²) in [6.07, 6.45) is -0.237. The number of ether oxygens (including phenoxy) is 2. The smallest absolute Gasteiger partial charge is 0.350 e. The van der Waals surface area contributed by atoms with Crippen LogP contribution in [0.15, 0.2) is 5.51 Å². The zero-order valence-electron chi connectivity index (χ0n) is 29.7. The fourth-order valence-corrected chi connectivity index (χ4v) is 9.57. The fourth-order valence-electron chi connectivity index (χ4n) is 4.53. The average molecular weight is 862 g/mol. The maximum atomic E-state index is 12.7. The van der Waals surface area contributed by atoms with Crippen LogP contribution in [0.5, 0.6) is 11.5 Å². The zero-order valence-corrected chi connectivity index (χ0v) is 33.7. The minimum Gasteiger partial charge on any atom is -0.507 e. The Labute approximate surface area is 328 Å². The summed E-state index contributed by atoms with van der Waals surface area (Å²) in [5.74, 6) is 1.83. The molecule has 0 fully saturated rings. The lowest BCUT2D eigenvalue weighted by Gasteiger charge is -2.35. The molecule has 302 valence electrons. The summed E-state index contributed by atoms with van der Waals surface area (Å²) in [6, 6.07) is 0. The van der Waals surface area contributed by atoms with Crippen molar-refractivity contribution in [1.82, 2.24) is 4.98 Å². The Kier molecular flexibility index (Phi) is 19.8. The van der Waals surface area contributed by atoms with Crippen LogP contribution in [-0.2, 0) is 41.7 Å². The minimum atomic E-state index is -1.16. The average Bonchev–Trinajstić information content (AvgIpc) is 3.52. The first-order valence-electron chi connectivity index (χ1n) is 15.7. The van der Waals surface area contributed by atoms with Crippen molar-refractivity contribution >= 4 is 60.5 Å². The summed E-state index contributed by atoms with van der Waals surface area (Å²) in [7, 11) is 5.32. The summed E-state index contributed by atoms with van der Waals surface area (Å²) in [6.45, 7) is 8.13. The van der Waals surface area contributed by atoms with E-state index in [1.54, 1.807) is 30.7 Å². The van der Waals surface area contributed by atoms with Gasteiger partial charge in [0, 0.05) is 39.9 Å². The standard InChI is InChI=1S/C19H26N2O10S2.C9H13N3O6S3/c1-11-12(2)17-15(13(3)16(11)22)5-6-19(4,30-17)18(23)28-7-8-32-33-10-14(31-21(26)27)9-29-20(24)25;1-7-9(19-6-10-7)2-3-20-21-5-8(18-12(15)16)4-17-11(13)14/h14,22H,5-10H2,1-4H3;6,8H,2-5H2,1H3. The van der Waals surface area contributed by atoms with Crippen LogP contribution in [0.25, 0.3) is 0 Å². The Morgan fingerprint density at radius 1 is 0.889 bits per heavy atom. The highest BCUT2D eigenvalue weighted by atomic mass is 33.1. The first kappa shape index (κ1) is 46.3. The van der Waals surface area contributed by atoms with Crippen LogP contribution in [-0.4, -0.2) is 97.0 Å². The predicted octanol–water partition coefficient (Wildman–Crippen LogP) is 5.27. The number of phenols is 1. The van der Waals surface area contributed by atoms with Gasteiger partial charge in [0.2, 0.25) is 5.60 Å². The number of hydrogen-bond acceptors (Lipinski definition) is 22. The summed E-state index contributed by atoms with van der Waals surface area (Å²) in [5.41, 5.74) is 4.78. The van der Waals surface area contributed by atoms with Crippen molar-refractivity contribution in [3.05, 3.63) is 78.8 Å². The van der Waals surface area contributed by atoms with Crippen LogP contribution < -0.4 is 4.74 Å². The molecule has 0 saturated heterocycles. The van der Waals surface area contributed by atoms with Crippen molar-refractivity contribution < 1.29 is 59.1 Å². The molecule has 3 rings (SSSR count). The molecule has 0 bridgehead atoms. The highest BCUT2D eigenvalue weighted by Crippen LogP contribution is 2.43. The lowest BCUT2D eigenvalue weighted by molar-refractivity contribution is -0.788. The molecule has 2 heterocycles. The van der Waals surface area contributed by atoms with Gasteiger partial charge in [-0.3, -0.25) is 0 Å². The lowest BCUT2D eigenvalue weighted by atomic mass is 9.87. The van der Waals surface area contributed by atoms with Crippen LogP contribution in [0.4, 0.5) is 0 Å². The Bertz CT molecular complexity index is 1600. The van der Waals surface area contributed by atoms with Gasteiger partial charge >= 0.3 is 5.97 Å². The Balaban J connectivity index is 0.000000413. The number of carbonyl (C=O) groups is 1. The second-order valence-corrected chi connectivity index (χ2v) is 17.5. The zero-order chi connectivity index (χ0) is 40.4. The SMILES string of the molecule is Cc1c(C)c2c(c(C)c1O)CCC(C)(C(=O)OCCSSCC(CO[N+](=O)[O-])O[N+](=O)[O-])O2.Cc1ncsc1CCSSCC(CO[N+](=O)[O-])O[N+](=O)[O-]. The molecule has 2 aromatic rings. The molecule has 0 spiro atoms. The number of phenolic OH excluding ortho intramolecular Hbond substituents is 1. The number of aromatic hydroxyl groups is 1. The maximum Gasteiger partial charge on any atom is 0.350 e. The van der Waals surface area contributed by atoms with Gasteiger partial charge in [0.05, 0.1) is 11.2 Å². The van der Waals surface area contributed by atoms with E-state index in [1.807, 2.05) is 20.8 Å². The number of carbonyl (C=O) groups excluding carboxylic acids is 1. The highest BCUT2D eigenvalue weighted by molar-refractivity contribution is 8.77. The van der Waals surface area contributed by atoms with E-state index in [4.69, 9.17) is 9.47 Å². The number of hydrogen-bond donors (Lipinski definition) is 1. The largest absolute Gasteiger partial charge is 0.507 e. The van der Waals surface area contributed by atoms with Crippen LogP contribution in [0, 0.1) is 68.2 Å². The number of thiazole rings is 1. The first-order valence-corrected chi connectivity index (χ1v) is 21.5. The Morgan fingerprint density at radius 2 is 1.44 bits per heavy atom. The van der Waals surface area contributed by atoms with Crippen molar-refractivity contribution in [1.29, 1.82) is 0 Å². The first-order chi connectivity index (χ1) is 25.4. The van der Waals surface area contributed by atoms with Gasteiger partial charge in [-0.25, -0.2) is 9.78 Å². The van der Waals surface area contributed by atoms with Crippen LogP contribution >= 0.6 is 54.5 Å². The number of fused-ring (bicyclic) bond motifs is 1. The van der Waals surface area contributed by atoms with E-state index >= 15 is 0 Å².